The van der Waals surface area contributed by atoms with E-state index >= 15 is 0 Å². The van der Waals surface area contributed by atoms with E-state index in [4.69, 9.17) is 5.11 Å². The predicted octanol–water partition coefficient (Wildman–Crippen LogP) is 1.64. The summed E-state index contributed by atoms with van der Waals surface area (Å²) in [5, 5.41) is 18.0. The van der Waals surface area contributed by atoms with Gasteiger partial charge in [-0.05, 0) is 36.6 Å². The molecule has 0 aliphatic heterocycles. The molecule has 0 heterocycles. The summed E-state index contributed by atoms with van der Waals surface area (Å²) in [6.07, 6.45) is 0.169. The Morgan fingerprint density at radius 3 is 2.67 bits per heavy atom. The third kappa shape index (κ3) is 3.93. The van der Waals surface area contributed by atoms with E-state index in [2.05, 4.69) is 0 Å². The van der Waals surface area contributed by atoms with Gasteiger partial charge in [-0.3, -0.25) is 0 Å². The molecule has 2 nitrogen and oxygen atoms in total. The first-order valence-corrected chi connectivity index (χ1v) is 4.86. The Morgan fingerprint density at radius 1 is 1.27 bits per heavy atom. The molecule has 4 heteroatoms. The number of aliphatic hydroxyl groups excluding tert-OH is 2. The average molecular weight is 216 g/mol. The van der Waals surface area contributed by atoms with Gasteiger partial charge in [-0.1, -0.05) is 0 Å². The van der Waals surface area contributed by atoms with Crippen molar-refractivity contribution in [1.29, 1.82) is 0 Å². The second kappa shape index (κ2) is 5.78. The lowest BCUT2D eigenvalue weighted by Crippen LogP contribution is -2.12. The van der Waals surface area contributed by atoms with Crippen molar-refractivity contribution in [2.24, 2.45) is 0 Å². The Kier molecular flexibility index (Phi) is 4.65. The zero-order valence-electron chi connectivity index (χ0n) is 8.29. The van der Waals surface area contributed by atoms with Gasteiger partial charge in [-0.25, -0.2) is 8.78 Å². The normalized spacial score (nSPS) is 12.8. The first-order valence-electron chi connectivity index (χ1n) is 4.86. The molecule has 0 fully saturated rings. The highest BCUT2D eigenvalue weighted by Crippen LogP contribution is 2.13. The predicted molar refractivity (Wildman–Crippen MR) is 52.4 cm³/mol. The minimum absolute atomic E-state index is 0.0112. The van der Waals surface area contributed by atoms with Crippen LogP contribution >= 0.6 is 0 Å². The molecule has 15 heavy (non-hydrogen) atoms. The lowest BCUT2D eigenvalue weighted by Gasteiger charge is -2.10. The topological polar surface area (TPSA) is 40.5 Å². The second-order valence-corrected chi connectivity index (χ2v) is 3.46. The standard InChI is InChI=1S/C11H14F2O2/c12-9-3-4-11(13)8(6-9)7-10(15)2-1-5-14/h3-4,6,10,14-15H,1-2,5,7H2. The molecule has 1 unspecified atom stereocenters. The van der Waals surface area contributed by atoms with Crippen LogP contribution in [0.2, 0.25) is 0 Å². The van der Waals surface area contributed by atoms with Crippen LogP contribution in [0.5, 0.6) is 0 Å². The van der Waals surface area contributed by atoms with Crippen LogP contribution in [0.25, 0.3) is 0 Å². The molecule has 0 radical (unpaired) electrons. The molecular formula is C11H14F2O2. The van der Waals surface area contributed by atoms with Gasteiger partial charge in [0.05, 0.1) is 6.10 Å². The quantitative estimate of drug-likeness (QED) is 0.785. The molecule has 84 valence electrons. The summed E-state index contributed by atoms with van der Waals surface area (Å²) in [5.41, 5.74) is 0.167. The van der Waals surface area contributed by atoms with Crippen LogP contribution in [0, 0.1) is 11.6 Å². The molecule has 1 aromatic rings. The highest BCUT2D eigenvalue weighted by atomic mass is 19.1. The van der Waals surface area contributed by atoms with Gasteiger partial charge in [0.25, 0.3) is 0 Å². The number of halogens is 2. The van der Waals surface area contributed by atoms with Crippen LogP contribution in [0.1, 0.15) is 18.4 Å². The molecule has 0 aromatic heterocycles. The summed E-state index contributed by atoms with van der Waals surface area (Å²) in [4.78, 5) is 0. The Hall–Kier alpha value is -1.00. The lowest BCUT2D eigenvalue weighted by molar-refractivity contribution is 0.149. The molecule has 0 saturated carbocycles. The third-order valence-electron chi connectivity index (χ3n) is 2.16. The van der Waals surface area contributed by atoms with Crippen molar-refractivity contribution in [3.63, 3.8) is 0 Å². The van der Waals surface area contributed by atoms with Crippen molar-refractivity contribution < 1.29 is 19.0 Å². The fourth-order valence-electron chi connectivity index (χ4n) is 1.38. The van der Waals surface area contributed by atoms with E-state index in [9.17, 15) is 13.9 Å². The second-order valence-electron chi connectivity index (χ2n) is 3.46. The van der Waals surface area contributed by atoms with Gasteiger partial charge in [-0.15, -0.1) is 0 Å². The molecule has 0 aliphatic rings. The molecule has 0 bridgehead atoms. The van der Waals surface area contributed by atoms with Crippen molar-refractivity contribution in [2.75, 3.05) is 6.61 Å². The fraction of sp³-hybridized carbons (Fsp3) is 0.455. The van der Waals surface area contributed by atoms with E-state index in [1.54, 1.807) is 0 Å². The van der Waals surface area contributed by atoms with Crippen LogP contribution in [0.3, 0.4) is 0 Å². The SMILES string of the molecule is OCCCC(O)Cc1cc(F)ccc1F. The van der Waals surface area contributed by atoms with Crippen molar-refractivity contribution >= 4 is 0 Å². The molecule has 2 N–H and O–H groups in total. The van der Waals surface area contributed by atoms with E-state index in [1.807, 2.05) is 0 Å². The summed E-state index contributed by atoms with van der Waals surface area (Å²) >= 11 is 0. The summed E-state index contributed by atoms with van der Waals surface area (Å²) in [6, 6.07) is 3.17. The van der Waals surface area contributed by atoms with Crippen molar-refractivity contribution in [1.82, 2.24) is 0 Å². The van der Waals surface area contributed by atoms with E-state index < -0.39 is 17.7 Å². The molecule has 1 atom stereocenters. The maximum absolute atomic E-state index is 13.1. The van der Waals surface area contributed by atoms with Gasteiger partial charge in [-0.2, -0.15) is 0 Å². The first kappa shape index (κ1) is 12.1. The van der Waals surface area contributed by atoms with Gasteiger partial charge in [0.15, 0.2) is 0 Å². The van der Waals surface area contributed by atoms with Gasteiger partial charge in [0.1, 0.15) is 11.6 Å². The number of hydrogen-bond acceptors (Lipinski definition) is 2. The van der Waals surface area contributed by atoms with Crippen LogP contribution in [0.15, 0.2) is 18.2 Å². The minimum Gasteiger partial charge on any atom is -0.396 e. The van der Waals surface area contributed by atoms with E-state index in [1.165, 1.54) is 0 Å². The summed E-state index contributed by atoms with van der Waals surface area (Å²) < 4.78 is 25.9. The van der Waals surface area contributed by atoms with Crippen LogP contribution < -0.4 is 0 Å². The number of benzene rings is 1. The zero-order chi connectivity index (χ0) is 11.3. The monoisotopic (exact) mass is 216 g/mol. The first-order chi connectivity index (χ1) is 7.13. The highest BCUT2D eigenvalue weighted by Gasteiger charge is 2.10. The smallest absolute Gasteiger partial charge is 0.126 e. The molecule has 1 rings (SSSR count). The van der Waals surface area contributed by atoms with Crippen LogP contribution in [-0.4, -0.2) is 22.9 Å². The van der Waals surface area contributed by atoms with Gasteiger partial charge in [0.2, 0.25) is 0 Å². The average Bonchev–Trinajstić information content (AvgIpc) is 2.20. The molecule has 0 spiro atoms. The molecule has 0 saturated heterocycles. The summed E-state index contributed by atoms with van der Waals surface area (Å²) in [6.45, 7) is -0.0112. The number of aliphatic hydroxyl groups is 2. The zero-order valence-corrected chi connectivity index (χ0v) is 8.29. The molecular weight excluding hydrogens is 202 g/mol. The molecule has 0 aliphatic carbocycles. The van der Waals surface area contributed by atoms with E-state index in [-0.39, 0.29) is 18.6 Å². The molecule has 1 aromatic carbocycles. The van der Waals surface area contributed by atoms with E-state index in [0.29, 0.717) is 12.8 Å². The summed E-state index contributed by atoms with van der Waals surface area (Å²) in [5.74, 6) is -1.03. The largest absolute Gasteiger partial charge is 0.396 e. The Morgan fingerprint density at radius 2 is 2.00 bits per heavy atom. The van der Waals surface area contributed by atoms with Gasteiger partial charge >= 0.3 is 0 Å². The van der Waals surface area contributed by atoms with Crippen molar-refractivity contribution in [3.05, 3.63) is 35.4 Å². The summed E-state index contributed by atoms with van der Waals surface area (Å²) in [7, 11) is 0. The Bertz CT molecular complexity index is 315. The minimum atomic E-state index is -0.742. The maximum Gasteiger partial charge on any atom is 0.126 e. The molecule has 0 amide bonds. The van der Waals surface area contributed by atoms with E-state index in [0.717, 1.165) is 18.2 Å². The Labute approximate surface area is 87.2 Å². The van der Waals surface area contributed by atoms with Crippen LogP contribution in [0.4, 0.5) is 8.78 Å². The van der Waals surface area contributed by atoms with Crippen LogP contribution in [-0.2, 0) is 6.42 Å². The van der Waals surface area contributed by atoms with Gasteiger partial charge < -0.3 is 10.2 Å². The van der Waals surface area contributed by atoms with Gasteiger partial charge in [0, 0.05) is 13.0 Å². The Balaban J connectivity index is 2.59. The van der Waals surface area contributed by atoms with Crippen molar-refractivity contribution in [2.45, 2.75) is 25.4 Å². The fourth-order valence-corrected chi connectivity index (χ4v) is 1.38. The maximum atomic E-state index is 13.1. The third-order valence-corrected chi connectivity index (χ3v) is 2.16. The van der Waals surface area contributed by atoms with Crippen molar-refractivity contribution in [3.8, 4) is 0 Å². The number of hydrogen-bond donors (Lipinski definition) is 2. The highest BCUT2D eigenvalue weighted by molar-refractivity contribution is 5.19. The number of rotatable bonds is 5. The lowest BCUT2D eigenvalue weighted by atomic mass is 10.0.